The molecule has 0 aliphatic heterocycles. The van der Waals surface area contributed by atoms with Crippen LogP contribution in [0.5, 0.6) is 0 Å². The van der Waals surface area contributed by atoms with Crippen molar-refractivity contribution in [3.8, 4) is 0 Å². The molecule has 5 heteroatoms. The third-order valence-corrected chi connectivity index (χ3v) is 6.01. The van der Waals surface area contributed by atoms with E-state index in [1.54, 1.807) is 16.7 Å². The third-order valence-electron chi connectivity index (χ3n) is 5.02. The van der Waals surface area contributed by atoms with Crippen molar-refractivity contribution in [3.63, 3.8) is 0 Å². The molecule has 0 radical (unpaired) electrons. The molecule has 0 bridgehead atoms. The molecule has 1 atom stereocenters. The average Bonchev–Trinajstić information content (AvgIpc) is 2.74. The smallest absolute Gasteiger partial charge is 0.242 e. The van der Waals surface area contributed by atoms with Crippen LogP contribution >= 0.6 is 11.8 Å². The maximum absolute atomic E-state index is 13.2. The Hall–Kier alpha value is -2.27. The lowest BCUT2D eigenvalue weighted by atomic mass is 10.1. The van der Waals surface area contributed by atoms with Crippen molar-refractivity contribution in [1.29, 1.82) is 0 Å². The third kappa shape index (κ3) is 7.52. The van der Waals surface area contributed by atoms with Crippen LogP contribution in [0, 0.1) is 13.8 Å². The van der Waals surface area contributed by atoms with Gasteiger partial charge >= 0.3 is 0 Å². The summed E-state index contributed by atoms with van der Waals surface area (Å²) in [7, 11) is 0. The number of amides is 2. The molecule has 1 unspecified atom stereocenters. The van der Waals surface area contributed by atoms with Crippen molar-refractivity contribution in [3.05, 3.63) is 70.8 Å². The number of benzene rings is 2. The van der Waals surface area contributed by atoms with Gasteiger partial charge in [0.15, 0.2) is 0 Å². The summed E-state index contributed by atoms with van der Waals surface area (Å²) in [6.45, 7) is 9.18. The van der Waals surface area contributed by atoms with Crippen LogP contribution in [0.15, 0.2) is 48.5 Å². The summed E-state index contributed by atoms with van der Waals surface area (Å²) in [4.78, 5) is 27.6. The first-order valence-electron chi connectivity index (χ1n) is 10.7. The second-order valence-electron chi connectivity index (χ2n) is 7.70. The maximum atomic E-state index is 13.2. The van der Waals surface area contributed by atoms with Gasteiger partial charge in [0.05, 0.1) is 5.75 Å². The predicted octanol–water partition coefficient (Wildman–Crippen LogP) is 4.87. The Balaban J connectivity index is 2.09. The highest BCUT2D eigenvalue weighted by Crippen LogP contribution is 2.18. The summed E-state index contributed by atoms with van der Waals surface area (Å²) < 4.78 is 0. The zero-order valence-corrected chi connectivity index (χ0v) is 19.4. The highest BCUT2D eigenvalue weighted by Gasteiger charge is 2.28. The molecule has 162 valence electrons. The number of aryl methyl sites for hydroxylation is 2. The van der Waals surface area contributed by atoms with Gasteiger partial charge in [-0.25, -0.2) is 0 Å². The van der Waals surface area contributed by atoms with Gasteiger partial charge in [-0.3, -0.25) is 9.59 Å². The molecule has 0 saturated heterocycles. The van der Waals surface area contributed by atoms with Gasteiger partial charge in [0.2, 0.25) is 11.8 Å². The second kappa shape index (κ2) is 12.4. The fraction of sp³-hybridized carbons (Fsp3) is 0.440. The van der Waals surface area contributed by atoms with Crippen molar-refractivity contribution in [1.82, 2.24) is 10.2 Å². The molecular formula is C25H34N2O2S. The monoisotopic (exact) mass is 426 g/mol. The van der Waals surface area contributed by atoms with Crippen molar-refractivity contribution >= 4 is 23.6 Å². The molecule has 0 saturated carbocycles. The minimum atomic E-state index is -0.453. The first-order chi connectivity index (χ1) is 14.4. The molecule has 30 heavy (non-hydrogen) atoms. The molecule has 0 fully saturated rings. The largest absolute Gasteiger partial charge is 0.354 e. The van der Waals surface area contributed by atoms with Crippen molar-refractivity contribution in [2.75, 3.05) is 12.3 Å². The van der Waals surface area contributed by atoms with E-state index in [-0.39, 0.29) is 11.8 Å². The predicted molar refractivity (Wildman–Crippen MR) is 126 cm³/mol. The number of thioether (sulfide) groups is 1. The topological polar surface area (TPSA) is 49.4 Å². The zero-order chi connectivity index (χ0) is 21.9. The minimum Gasteiger partial charge on any atom is -0.354 e. The fourth-order valence-electron chi connectivity index (χ4n) is 3.20. The van der Waals surface area contributed by atoms with Gasteiger partial charge in [-0.15, -0.1) is 11.8 Å². The van der Waals surface area contributed by atoms with E-state index in [0.717, 1.165) is 17.7 Å². The molecule has 0 spiro atoms. The maximum Gasteiger partial charge on any atom is 0.242 e. The standard InChI is InChI=1S/C25H34N2O2S/c1-5-15-26-25(29)23(6-2)27(16-21-11-7-19(3)8-12-21)24(28)18-30-17-22-13-9-20(4)10-14-22/h7-14,23H,5-6,15-18H2,1-4H3,(H,26,29). The first kappa shape index (κ1) is 24.0. The van der Waals surface area contributed by atoms with Crippen LogP contribution in [0.4, 0.5) is 0 Å². The highest BCUT2D eigenvalue weighted by atomic mass is 32.2. The van der Waals surface area contributed by atoms with E-state index in [9.17, 15) is 9.59 Å². The second-order valence-corrected chi connectivity index (χ2v) is 8.69. The molecule has 1 N–H and O–H groups in total. The van der Waals surface area contributed by atoms with Crippen molar-refractivity contribution < 1.29 is 9.59 Å². The number of carbonyl (C=O) groups is 2. The normalized spacial score (nSPS) is 11.7. The quantitative estimate of drug-likeness (QED) is 0.558. The van der Waals surface area contributed by atoms with Crippen LogP contribution in [0.3, 0.4) is 0 Å². The molecule has 2 rings (SSSR count). The Bertz CT molecular complexity index is 803. The van der Waals surface area contributed by atoms with Gasteiger partial charge in [0.1, 0.15) is 6.04 Å². The van der Waals surface area contributed by atoms with E-state index in [1.165, 1.54) is 16.7 Å². The summed E-state index contributed by atoms with van der Waals surface area (Å²) in [6.07, 6.45) is 1.47. The Morgan fingerprint density at radius 1 is 0.933 bits per heavy atom. The molecule has 0 aromatic heterocycles. The Morgan fingerprint density at radius 3 is 2.03 bits per heavy atom. The summed E-state index contributed by atoms with van der Waals surface area (Å²) in [5.74, 6) is 1.08. The van der Waals surface area contributed by atoms with E-state index in [2.05, 4.69) is 36.5 Å². The van der Waals surface area contributed by atoms with Gasteiger partial charge in [0.25, 0.3) is 0 Å². The SMILES string of the molecule is CCCNC(=O)C(CC)N(Cc1ccc(C)cc1)C(=O)CSCc1ccc(C)cc1. The number of hydrogen-bond acceptors (Lipinski definition) is 3. The van der Waals surface area contributed by atoms with E-state index >= 15 is 0 Å². The fourth-order valence-corrected chi connectivity index (χ4v) is 4.07. The number of nitrogens with one attached hydrogen (secondary N) is 1. The zero-order valence-electron chi connectivity index (χ0n) is 18.6. The van der Waals surface area contributed by atoms with Gasteiger partial charge in [-0.05, 0) is 37.8 Å². The Kier molecular flexibility index (Phi) is 9.95. The summed E-state index contributed by atoms with van der Waals surface area (Å²) in [6, 6.07) is 16.1. The van der Waals surface area contributed by atoms with Crippen LogP contribution in [0.25, 0.3) is 0 Å². The Labute approximate surface area is 185 Å². The first-order valence-corrected chi connectivity index (χ1v) is 11.9. The van der Waals surface area contributed by atoms with Gasteiger partial charge in [0, 0.05) is 18.8 Å². The van der Waals surface area contributed by atoms with E-state index in [0.29, 0.717) is 25.3 Å². The van der Waals surface area contributed by atoms with Crippen LogP contribution < -0.4 is 5.32 Å². The summed E-state index contributed by atoms with van der Waals surface area (Å²) >= 11 is 1.60. The molecule has 2 amide bonds. The van der Waals surface area contributed by atoms with Crippen molar-refractivity contribution in [2.24, 2.45) is 0 Å². The lowest BCUT2D eigenvalue weighted by Gasteiger charge is -2.30. The molecular weight excluding hydrogens is 392 g/mol. The highest BCUT2D eigenvalue weighted by molar-refractivity contribution is 7.99. The molecule has 0 aliphatic carbocycles. The molecule has 2 aromatic rings. The average molecular weight is 427 g/mol. The van der Waals surface area contributed by atoms with E-state index < -0.39 is 6.04 Å². The van der Waals surface area contributed by atoms with Gasteiger partial charge in [-0.1, -0.05) is 73.5 Å². The number of carbonyl (C=O) groups excluding carboxylic acids is 2. The Morgan fingerprint density at radius 2 is 1.50 bits per heavy atom. The van der Waals surface area contributed by atoms with Crippen LogP contribution in [-0.4, -0.2) is 35.1 Å². The summed E-state index contributed by atoms with van der Waals surface area (Å²) in [5, 5.41) is 2.96. The number of nitrogens with zero attached hydrogens (tertiary/aromatic N) is 1. The number of hydrogen-bond donors (Lipinski definition) is 1. The van der Waals surface area contributed by atoms with Crippen LogP contribution in [0.1, 0.15) is 48.9 Å². The summed E-state index contributed by atoms with van der Waals surface area (Å²) in [5.41, 5.74) is 4.65. The lowest BCUT2D eigenvalue weighted by Crippen LogP contribution is -2.49. The van der Waals surface area contributed by atoms with Crippen LogP contribution in [0.2, 0.25) is 0 Å². The minimum absolute atomic E-state index is 0.00573. The molecule has 4 nitrogen and oxygen atoms in total. The molecule has 0 heterocycles. The lowest BCUT2D eigenvalue weighted by molar-refractivity contribution is -0.139. The molecule has 2 aromatic carbocycles. The van der Waals surface area contributed by atoms with Gasteiger partial charge in [-0.2, -0.15) is 0 Å². The van der Waals surface area contributed by atoms with Crippen molar-refractivity contribution in [2.45, 2.75) is 58.9 Å². The van der Waals surface area contributed by atoms with Crippen LogP contribution in [-0.2, 0) is 21.9 Å². The van der Waals surface area contributed by atoms with E-state index in [4.69, 9.17) is 0 Å². The number of rotatable bonds is 11. The van der Waals surface area contributed by atoms with E-state index in [1.807, 2.05) is 45.0 Å². The molecule has 0 aliphatic rings. The van der Waals surface area contributed by atoms with Gasteiger partial charge < -0.3 is 10.2 Å².